The van der Waals surface area contributed by atoms with Crippen molar-refractivity contribution in [3.8, 4) is 0 Å². The first-order valence-corrected chi connectivity index (χ1v) is 11.9. The number of sulfonamides is 1. The second kappa shape index (κ2) is 9.94. The number of carbonyl (C=O) groups excluding carboxylic acids is 1. The fraction of sp³-hybridized carbons (Fsp3) is 0.375. The van der Waals surface area contributed by atoms with Crippen LogP contribution in [0.1, 0.15) is 43.2 Å². The van der Waals surface area contributed by atoms with Crippen LogP contribution in [0, 0.1) is 13.8 Å². The van der Waals surface area contributed by atoms with E-state index in [0.717, 1.165) is 30.4 Å². The Balaban J connectivity index is 1.78. The highest BCUT2D eigenvalue weighted by atomic mass is 32.2. The van der Waals surface area contributed by atoms with Crippen LogP contribution in [0.2, 0.25) is 0 Å². The fourth-order valence-corrected chi connectivity index (χ4v) is 5.03. The maximum Gasteiger partial charge on any atom is 0.264 e. The van der Waals surface area contributed by atoms with Crippen molar-refractivity contribution in [1.82, 2.24) is 5.32 Å². The van der Waals surface area contributed by atoms with Crippen LogP contribution in [0.3, 0.4) is 0 Å². The van der Waals surface area contributed by atoms with Crippen LogP contribution in [-0.4, -0.2) is 27.4 Å². The molecule has 6 heteroatoms. The summed E-state index contributed by atoms with van der Waals surface area (Å²) in [7, 11) is -3.86. The van der Waals surface area contributed by atoms with E-state index in [1.54, 1.807) is 36.4 Å². The Hall–Kier alpha value is -2.60. The van der Waals surface area contributed by atoms with Gasteiger partial charge in [-0.1, -0.05) is 35.9 Å². The van der Waals surface area contributed by atoms with Gasteiger partial charge in [0.1, 0.15) is 6.54 Å². The molecule has 160 valence electrons. The van der Waals surface area contributed by atoms with E-state index in [4.69, 9.17) is 0 Å². The first-order chi connectivity index (χ1) is 14.4. The van der Waals surface area contributed by atoms with Gasteiger partial charge >= 0.3 is 0 Å². The number of hydrogen-bond donors (Lipinski definition) is 1. The second-order valence-electron chi connectivity index (χ2n) is 7.80. The molecule has 0 unspecified atom stereocenters. The fourth-order valence-electron chi connectivity index (χ4n) is 3.60. The number of nitrogens with one attached hydrogen (secondary N) is 1. The van der Waals surface area contributed by atoms with Gasteiger partial charge in [-0.15, -0.1) is 0 Å². The number of anilines is 1. The third kappa shape index (κ3) is 5.51. The molecule has 3 rings (SSSR count). The van der Waals surface area contributed by atoms with Crippen molar-refractivity contribution >= 4 is 21.6 Å². The van der Waals surface area contributed by atoms with Crippen LogP contribution in [0.25, 0.3) is 0 Å². The predicted molar refractivity (Wildman–Crippen MR) is 121 cm³/mol. The molecular weight excluding hydrogens is 396 g/mol. The minimum atomic E-state index is -3.86. The Morgan fingerprint density at radius 3 is 2.47 bits per heavy atom. The van der Waals surface area contributed by atoms with Gasteiger partial charge in [-0.05, 0) is 81.3 Å². The average molecular weight is 427 g/mol. The summed E-state index contributed by atoms with van der Waals surface area (Å²) in [4.78, 5) is 12.8. The Kier molecular flexibility index (Phi) is 7.32. The minimum Gasteiger partial charge on any atom is -0.354 e. The Bertz CT molecular complexity index is 1010. The van der Waals surface area contributed by atoms with Gasteiger partial charge in [-0.25, -0.2) is 8.42 Å². The van der Waals surface area contributed by atoms with Crippen LogP contribution in [0.15, 0.2) is 65.1 Å². The van der Waals surface area contributed by atoms with Crippen molar-refractivity contribution in [2.75, 3.05) is 17.4 Å². The second-order valence-corrected chi connectivity index (χ2v) is 9.66. The van der Waals surface area contributed by atoms with Gasteiger partial charge in [0.05, 0.1) is 10.6 Å². The quantitative estimate of drug-likeness (QED) is 0.632. The molecule has 1 aliphatic carbocycles. The van der Waals surface area contributed by atoms with E-state index in [9.17, 15) is 13.2 Å². The van der Waals surface area contributed by atoms with Crippen LogP contribution in [-0.2, 0) is 14.8 Å². The highest BCUT2D eigenvalue weighted by Crippen LogP contribution is 2.25. The lowest BCUT2D eigenvalue weighted by molar-refractivity contribution is -0.119. The SMILES string of the molecule is Cc1ccc(N(CC(=O)NCCC2=CCCCC2)S(=O)(=O)c2ccccc2)cc1C. The van der Waals surface area contributed by atoms with E-state index < -0.39 is 10.0 Å². The Morgan fingerprint density at radius 1 is 1.03 bits per heavy atom. The summed E-state index contributed by atoms with van der Waals surface area (Å²) in [5.41, 5.74) is 3.92. The summed E-state index contributed by atoms with van der Waals surface area (Å²) < 4.78 is 27.8. The molecule has 0 saturated heterocycles. The van der Waals surface area contributed by atoms with E-state index in [1.165, 1.54) is 22.7 Å². The maximum atomic E-state index is 13.3. The average Bonchev–Trinajstić information content (AvgIpc) is 2.75. The molecule has 5 nitrogen and oxygen atoms in total. The molecule has 1 N–H and O–H groups in total. The molecule has 0 heterocycles. The first-order valence-electron chi connectivity index (χ1n) is 10.5. The smallest absolute Gasteiger partial charge is 0.264 e. The number of allylic oxidation sites excluding steroid dienone is 1. The summed E-state index contributed by atoms with van der Waals surface area (Å²) >= 11 is 0. The highest BCUT2D eigenvalue weighted by molar-refractivity contribution is 7.92. The molecule has 0 aliphatic heterocycles. The molecule has 0 atom stereocenters. The molecule has 0 aromatic heterocycles. The van der Waals surface area contributed by atoms with Gasteiger partial charge < -0.3 is 5.32 Å². The number of amides is 1. The summed E-state index contributed by atoms with van der Waals surface area (Å²) in [5, 5.41) is 2.89. The molecule has 0 fully saturated rings. The van der Waals surface area contributed by atoms with Gasteiger partial charge in [0.25, 0.3) is 10.0 Å². The van der Waals surface area contributed by atoms with E-state index in [0.29, 0.717) is 12.2 Å². The molecule has 0 spiro atoms. The molecule has 2 aromatic rings. The monoisotopic (exact) mass is 426 g/mol. The number of carbonyl (C=O) groups is 1. The summed E-state index contributed by atoms with van der Waals surface area (Å²) in [6.45, 7) is 4.18. The lowest BCUT2D eigenvalue weighted by Gasteiger charge is -2.25. The molecule has 1 amide bonds. The maximum absolute atomic E-state index is 13.3. The summed E-state index contributed by atoms with van der Waals surface area (Å²) in [6.07, 6.45) is 7.72. The largest absolute Gasteiger partial charge is 0.354 e. The number of hydrogen-bond acceptors (Lipinski definition) is 3. The number of rotatable bonds is 8. The van der Waals surface area contributed by atoms with Crippen molar-refractivity contribution in [2.24, 2.45) is 0 Å². The van der Waals surface area contributed by atoms with Crippen molar-refractivity contribution in [3.05, 3.63) is 71.3 Å². The minimum absolute atomic E-state index is 0.170. The molecular formula is C24H30N2O3S. The molecule has 0 bridgehead atoms. The van der Waals surface area contributed by atoms with Crippen LogP contribution >= 0.6 is 0 Å². The number of nitrogens with zero attached hydrogens (tertiary/aromatic N) is 1. The van der Waals surface area contributed by atoms with Crippen molar-refractivity contribution in [1.29, 1.82) is 0 Å². The molecule has 30 heavy (non-hydrogen) atoms. The van der Waals surface area contributed by atoms with Gasteiger partial charge in [0, 0.05) is 6.54 Å². The molecule has 0 saturated carbocycles. The van der Waals surface area contributed by atoms with E-state index in [1.807, 2.05) is 26.0 Å². The zero-order valence-electron chi connectivity index (χ0n) is 17.7. The lowest BCUT2D eigenvalue weighted by Crippen LogP contribution is -2.41. The van der Waals surface area contributed by atoms with Crippen molar-refractivity contribution in [3.63, 3.8) is 0 Å². The third-order valence-electron chi connectivity index (χ3n) is 5.55. The van der Waals surface area contributed by atoms with Crippen LogP contribution in [0.4, 0.5) is 5.69 Å². The van der Waals surface area contributed by atoms with E-state index in [2.05, 4.69) is 11.4 Å². The van der Waals surface area contributed by atoms with Crippen LogP contribution in [0.5, 0.6) is 0 Å². The normalized spacial score (nSPS) is 14.1. The Morgan fingerprint density at radius 2 is 1.80 bits per heavy atom. The van der Waals surface area contributed by atoms with E-state index >= 15 is 0 Å². The van der Waals surface area contributed by atoms with Crippen molar-refractivity contribution < 1.29 is 13.2 Å². The molecule has 0 radical (unpaired) electrons. The van der Waals surface area contributed by atoms with Gasteiger partial charge in [-0.2, -0.15) is 0 Å². The molecule has 1 aliphatic rings. The highest BCUT2D eigenvalue weighted by Gasteiger charge is 2.27. The predicted octanol–water partition coefficient (Wildman–Crippen LogP) is 4.51. The third-order valence-corrected chi connectivity index (χ3v) is 7.34. The van der Waals surface area contributed by atoms with Gasteiger partial charge in [0.15, 0.2) is 0 Å². The first kappa shape index (κ1) is 22.1. The van der Waals surface area contributed by atoms with Crippen molar-refractivity contribution in [2.45, 2.75) is 50.8 Å². The Labute approximate surface area is 179 Å². The van der Waals surface area contributed by atoms with Gasteiger partial charge in [0.2, 0.25) is 5.91 Å². The van der Waals surface area contributed by atoms with Gasteiger partial charge in [-0.3, -0.25) is 9.10 Å². The van der Waals surface area contributed by atoms with E-state index in [-0.39, 0.29) is 17.3 Å². The standard InChI is InChI=1S/C24H30N2O3S/c1-19-13-14-22(17-20(19)2)26(30(28,29)23-11-7-4-8-12-23)18-24(27)25-16-15-21-9-5-3-6-10-21/h4,7-9,11-14,17H,3,5-6,10,15-16,18H2,1-2H3,(H,25,27). The number of aryl methyl sites for hydroxylation is 2. The van der Waals surface area contributed by atoms with Crippen LogP contribution < -0.4 is 9.62 Å². The summed E-state index contributed by atoms with van der Waals surface area (Å²) in [5.74, 6) is -0.302. The number of benzene rings is 2. The zero-order valence-corrected chi connectivity index (χ0v) is 18.5. The summed E-state index contributed by atoms with van der Waals surface area (Å²) in [6, 6.07) is 13.7. The lowest BCUT2D eigenvalue weighted by atomic mass is 9.97. The molecule has 2 aromatic carbocycles. The zero-order chi connectivity index (χ0) is 21.6. The topological polar surface area (TPSA) is 66.5 Å².